The summed E-state index contributed by atoms with van der Waals surface area (Å²) in [5.74, 6) is -0.557. The van der Waals surface area contributed by atoms with E-state index in [1.165, 1.54) is 21.9 Å². The van der Waals surface area contributed by atoms with E-state index in [0.29, 0.717) is 48.9 Å². The molecular weight excluding hydrogens is 542 g/mol. The summed E-state index contributed by atoms with van der Waals surface area (Å²) in [6.45, 7) is 2.88. The fourth-order valence-electron chi connectivity index (χ4n) is 5.68. The molecule has 3 aliphatic rings. The zero-order chi connectivity index (χ0) is 25.4. The number of piperidine rings is 1. The summed E-state index contributed by atoms with van der Waals surface area (Å²) in [7, 11) is -3.86. The molecule has 2 heterocycles. The molecule has 0 radical (unpaired) electrons. The molecule has 1 N–H and O–H groups in total. The van der Waals surface area contributed by atoms with Gasteiger partial charge in [-0.1, -0.05) is 19.1 Å². The molecule has 0 bridgehead atoms. The number of nitrogens with one attached hydrogen (secondary N) is 1. The highest BCUT2D eigenvalue weighted by Gasteiger charge is 2.36. The largest absolute Gasteiger partial charge is 0.326 e. The number of carbonyl (C=O) groups excluding carboxylic acids is 2. The summed E-state index contributed by atoms with van der Waals surface area (Å²) in [6.07, 6.45) is 6.62. The van der Waals surface area contributed by atoms with Gasteiger partial charge in [-0.25, -0.2) is 8.42 Å². The summed E-state index contributed by atoms with van der Waals surface area (Å²) in [4.78, 5) is 27.5. The Morgan fingerprint density at radius 2 is 1.86 bits per heavy atom. The van der Waals surface area contributed by atoms with Gasteiger partial charge in [-0.05, 0) is 95.8 Å². The quantitative estimate of drug-likeness (QED) is 0.563. The Labute approximate surface area is 221 Å². The van der Waals surface area contributed by atoms with E-state index >= 15 is 0 Å². The molecule has 36 heavy (non-hydrogen) atoms. The van der Waals surface area contributed by atoms with Crippen LogP contribution in [0.25, 0.3) is 0 Å². The lowest BCUT2D eigenvalue weighted by molar-refractivity contribution is -0.121. The zero-order valence-electron chi connectivity index (χ0n) is 20.6. The number of hydrogen-bond acceptors (Lipinski definition) is 4. The summed E-state index contributed by atoms with van der Waals surface area (Å²) in [6, 6.07) is 9.50. The molecule has 0 saturated carbocycles. The Balaban J connectivity index is 1.36. The van der Waals surface area contributed by atoms with Crippen molar-refractivity contribution in [2.45, 2.75) is 63.2 Å². The molecule has 2 aliphatic heterocycles. The Kier molecular flexibility index (Phi) is 7.25. The number of fused-ring (bicyclic) bond motifs is 2. The Morgan fingerprint density at radius 3 is 2.67 bits per heavy atom. The van der Waals surface area contributed by atoms with E-state index in [9.17, 15) is 18.0 Å². The second-order valence-corrected chi connectivity index (χ2v) is 12.7. The number of halogens is 1. The van der Waals surface area contributed by atoms with Crippen molar-refractivity contribution in [3.05, 3.63) is 51.5 Å². The van der Waals surface area contributed by atoms with E-state index in [1.807, 2.05) is 18.2 Å². The fourth-order valence-corrected chi connectivity index (χ4v) is 8.28. The van der Waals surface area contributed by atoms with Gasteiger partial charge in [-0.3, -0.25) is 9.59 Å². The molecule has 192 valence electrons. The van der Waals surface area contributed by atoms with Gasteiger partial charge in [-0.2, -0.15) is 4.31 Å². The number of amides is 2. The lowest BCUT2D eigenvalue weighted by atomic mass is 9.90. The van der Waals surface area contributed by atoms with Crippen LogP contribution in [0.2, 0.25) is 0 Å². The normalized spacial score (nSPS) is 20.1. The van der Waals surface area contributed by atoms with Crippen LogP contribution in [0, 0.1) is 5.92 Å². The molecule has 0 aromatic heterocycles. The molecule has 7 nitrogen and oxygen atoms in total. The number of sulfonamides is 1. The summed E-state index contributed by atoms with van der Waals surface area (Å²) < 4.78 is 29.4. The van der Waals surface area contributed by atoms with Crippen LogP contribution in [0.4, 0.5) is 11.4 Å². The third-order valence-electron chi connectivity index (χ3n) is 7.66. The highest BCUT2D eigenvalue weighted by molar-refractivity contribution is 9.10. The first-order valence-corrected chi connectivity index (χ1v) is 15.1. The van der Waals surface area contributed by atoms with Gasteiger partial charge < -0.3 is 10.2 Å². The Hall–Kier alpha value is -2.23. The van der Waals surface area contributed by atoms with Gasteiger partial charge in [0.05, 0.1) is 10.8 Å². The molecule has 0 unspecified atom stereocenters. The second kappa shape index (κ2) is 10.3. The van der Waals surface area contributed by atoms with Crippen molar-refractivity contribution in [3.63, 3.8) is 0 Å². The third-order valence-corrected chi connectivity index (χ3v) is 10.5. The zero-order valence-corrected chi connectivity index (χ0v) is 23.0. The summed E-state index contributed by atoms with van der Waals surface area (Å²) in [5.41, 5.74) is 5.00. The minimum Gasteiger partial charge on any atom is -0.326 e. The van der Waals surface area contributed by atoms with Crippen molar-refractivity contribution >= 4 is 49.1 Å². The number of carbonyl (C=O) groups is 2. The molecule has 1 atom stereocenters. The minimum absolute atomic E-state index is 0.0165. The maximum Gasteiger partial charge on any atom is 0.244 e. The first kappa shape index (κ1) is 25.4. The molecule has 1 fully saturated rings. The van der Waals surface area contributed by atoms with Crippen LogP contribution in [0.3, 0.4) is 0 Å². The Morgan fingerprint density at radius 1 is 1.06 bits per heavy atom. The average molecular weight is 575 g/mol. The lowest BCUT2D eigenvalue weighted by Crippen LogP contribution is -2.43. The van der Waals surface area contributed by atoms with Crippen molar-refractivity contribution in [1.29, 1.82) is 0 Å². The summed E-state index contributed by atoms with van der Waals surface area (Å²) in [5, 5.41) is 3.11. The standard InChI is InChI=1S/C27H32BrN3O4S/c1-2-26(32)31-14-12-19-15-22(28)25(16-24(19)31)36(34,35)30-13-6-9-20(17-30)27(33)29-23-11-5-8-18-7-3-4-10-21(18)23/h5,8,11,15-16,20H,2-4,6-7,9-10,12-14,17H2,1H3,(H,29,33)/t20-/m0/s1. The van der Waals surface area contributed by atoms with E-state index in [1.54, 1.807) is 17.9 Å². The van der Waals surface area contributed by atoms with E-state index in [-0.39, 0.29) is 23.3 Å². The first-order chi connectivity index (χ1) is 17.3. The van der Waals surface area contributed by atoms with Crippen LogP contribution in [-0.2, 0) is 38.9 Å². The van der Waals surface area contributed by atoms with Gasteiger partial charge >= 0.3 is 0 Å². The van der Waals surface area contributed by atoms with E-state index < -0.39 is 15.9 Å². The van der Waals surface area contributed by atoms with Gasteiger partial charge in [-0.15, -0.1) is 0 Å². The van der Waals surface area contributed by atoms with Gasteiger partial charge in [0.15, 0.2) is 0 Å². The molecule has 1 saturated heterocycles. The molecule has 5 rings (SSSR count). The highest BCUT2D eigenvalue weighted by Crippen LogP contribution is 2.38. The fraction of sp³-hybridized carbons (Fsp3) is 0.481. The van der Waals surface area contributed by atoms with Crippen LogP contribution in [0.1, 0.15) is 55.7 Å². The maximum atomic E-state index is 13.7. The van der Waals surface area contributed by atoms with Crippen LogP contribution in [0.15, 0.2) is 39.7 Å². The minimum atomic E-state index is -3.86. The van der Waals surface area contributed by atoms with Crippen LogP contribution in [-0.4, -0.2) is 44.2 Å². The number of benzene rings is 2. The summed E-state index contributed by atoms with van der Waals surface area (Å²) >= 11 is 3.46. The van der Waals surface area contributed by atoms with Crippen molar-refractivity contribution < 1.29 is 18.0 Å². The van der Waals surface area contributed by atoms with Crippen LogP contribution in [0.5, 0.6) is 0 Å². The van der Waals surface area contributed by atoms with Gasteiger partial charge in [0.1, 0.15) is 0 Å². The van der Waals surface area contributed by atoms with Gasteiger partial charge in [0.25, 0.3) is 0 Å². The average Bonchev–Trinajstić information content (AvgIpc) is 3.30. The highest BCUT2D eigenvalue weighted by atomic mass is 79.9. The predicted molar refractivity (Wildman–Crippen MR) is 144 cm³/mol. The van der Waals surface area contributed by atoms with E-state index in [0.717, 1.165) is 30.5 Å². The van der Waals surface area contributed by atoms with Crippen molar-refractivity contribution in [3.8, 4) is 0 Å². The van der Waals surface area contributed by atoms with Crippen molar-refractivity contribution in [1.82, 2.24) is 4.31 Å². The number of rotatable bonds is 5. The molecular formula is C27H32BrN3O4S. The smallest absolute Gasteiger partial charge is 0.244 e. The molecule has 0 spiro atoms. The second-order valence-electron chi connectivity index (χ2n) is 9.90. The molecule has 2 amide bonds. The van der Waals surface area contributed by atoms with Crippen LogP contribution < -0.4 is 10.2 Å². The third kappa shape index (κ3) is 4.73. The SMILES string of the molecule is CCC(=O)N1CCc2cc(Br)c(S(=O)(=O)N3CCC[C@H](C(=O)Nc4cccc5c4CCCC5)C3)cc21. The lowest BCUT2D eigenvalue weighted by Gasteiger charge is -2.32. The molecule has 1 aliphatic carbocycles. The van der Waals surface area contributed by atoms with Gasteiger partial charge in [0.2, 0.25) is 21.8 Å². The Bertz CT molecular complexity index is 1310. The number of nitrogens with zero attached hydrogens (tertiary/aromatic N) is 2. The number of anilines is 2. The number of hydrogen-bond donors (Lipinski definition) is 1. The van der Waals surface area contributed by atoms with E-state index in [4.69, 9.17) is 0 Å². The topological polar surface area (TPSA) is 86.8 Å². The van der Waals surface area contributed by atoms with Crippen LogP contribution >= 0.6 is 15.9 Å². The number of aryl methyl sites for hydroxylation is 1. The molecule has 2 aromatic rings. The maximum absolute atomic E-state index is 13.7. The van der Waals surface area contributed by atoms with Crippen molar-refractivity contribution in [2.24, 2.45) is 5.92 Å². The monoisotopic (exact) mass is 573 g/mol. The van der Waals surface area contributed by atoms with E-state index in [2.05, 4.69) is 27.3 Å². The molecule has 9 heteroatoms. The predicted octanol–water partition coefficient (Wildman–Crippen LogP) is 4.67. The first-order valence-electron chi connectivity index (χ1n) is 12.8. The van der Waals surface area contributed by atoms with Crippen molar-refractivity contribution in [2.75, 3.05) is 29.9 Å². The van der Waals surface area contributed by atoms with Gasteiger partial charge in [0, 0.05) is 41.9 Å². The molecule has 2 aromatic carbocycles.